The Bertz CT molecular complexity index is 1020. The zero-order valence-electron chi connectivity index (χ0n) is 14.9. The molecule has 0 bridgehead atoms. The number of nitrogens with one attached hydrogen (secondary N) is 1. The number of carboxylic acid groups (broad SMARTS) is 1. The van der Waals surface area contributed by atoms with Crippen LogP contribution in [0, 0.1) is 0 Å². The van der Waals surface area contributed by atoms with Crippen molar-refractivity contribution in [3.63, 3.8) is 0 Å². The van der Waals surface area contributed by atoms with Gasteiger partial charge in [0.2, 0.25) is 5.91 Å². The Morgan fingerprint density at radius 3 is 2.62 bits per heavy atom. The summed E-state index contributed by atoms with van der Waals surface area (Å²) in [7, 11) is 0. The Labute approximate surface area is 181 Å². The molecule has 0 aliphatic carbocycles. The van der Waals surface area contributed by atoms with Gasteiger partial charge in [-0.1, -0.05) is 59.8 Å². The van der Waals surface area contributed by atoms with E-state index in [1.165, 1.54) is 34.9 Å². The first kappa shape index (κ1) is 21.0. The van der Waals surface area contributed by atoms with E-state index >= 15 is 0 Å². The van der Waals surface area contributed by atoms with E-state index in [1.807, 2.05) is 0 Å². The van der Waals surface area contributed by atoms with Crippen molar-refractivity contribution in [3.05, 3.63) is 69.6 Å². The fraction of sp³-hybridized carbons (Fsp3) is 0.100. The predicted molar refractivity (Wildman–Crippen MR) is 115 cm³/mol. The van der Waals surface area contributed by atoms with Crippen LogP contribution in [-0.2, 0) is 9.59 Å². The Balaban J connectivity index is 1.60. The molecule has 2 aromatic rings. The molecule has 0 unspecified atom stereocenters. The molecule has 0 aromatic heterocycles. The fourth-order valence-electron chi connectivity index (χ4n) is 2.56. The summed E-state index contributed by atoms with van der Waals surface area (Å²) in [5.41, 5.74) is 1.12. The quantitative estimate of drug-likeness (QED) is 0.543. The average Bonchev–Trinajstić information content (AvgIpc) is 2.95. The van der Waals surface area contributed by atoms with Crippen LogP contribution < -0.4 is 10.4 Å². The summed E-state index contributed by atoms with van der Waals surface area (Å²) in [5, 5.41) is 14.1. The summed E-state index contributed by atoms with van der Waals surface area (Å²) in [6, 6.07) is 12.8. The van der Waals surface area contributed by atoms with Crippen LogP contribution in [0.3, 0.4) is 0 Å². The van der Waals surface area contributed by atoms with Gasteiger partial charge in [-0.25, -0.2) is 0 Å². The number of thioether (sulfide) groups is 1. The zero-order chi connectivity index (χ0) is 21.0. The summed E-state index contributed by atoms with van der Waals surface area (Å²) in [5.74, 6) is -1.95. The number of carbonyl (C=O) groups is 3. The molecule has 2 aromatic carbocycles. The molecule has 1 N–H and O–H groups in total. The van der Waals surface area contributed by atoms with E-state index in [1.54, 1.807) is 36.4 Å². The second-order valence-electron chi connectivity index (χ2n) is 6.05. The van der Waals surface area contributed by atoms with Gasteiger partial charge in [0, 0.05) is 23.7 Å². The number of carboxylic acids is 1. The van der Waals surface area contributed by atoms with E-state index in [9.17, 15) is 19.5 Å². The maximum absolute atomic E-state index is 12.6. The number of hydrogen-bond donors (Lipinski definition) is 1. The highest BCUT2D eigenvalue weighted by atomic mass is 35.5. The maximum Gasteiger partial charge on any atom is 0.266 e. The van der Waals surface area contributed by atoms with Crippen LogP contribution >= 0.6 is 35.6 Å². The molecule has 1 heterocycles. The largest absolute Gasteiger partial charge is 0.545 e. The van der Waals surface area contributed by atoms with E-state index in [-0.39, 0.29) is 30.3 Å². The van der Waals surface area contributed by atoms with Crippen LogP contribution in [0.2, 0.25) is 5.02 Å². The second-order valence-corrected chi connectivity index (χ2v) is 8.16. The standard InChI is InChI=1S/C20H15ClN2O4S2/c21-14-6-4-12(5-7-14)10-16-18(25)23(20(28)29-16)9-8-17(24)22-15-3-1-2-13(11-15)19(26)27/h1-7,10-11H,8-9H2,(H,22,24)(H,26,27)/p-1. The van der Waals surface area contributed by atoms with E-state index in [4.69, 9.17) is 23.8 Å². The molecule has 3 rings (SSSR count). The number of aromatic carboxylic acids is 1. The van der Waals surface area contributed by atoms with Gasteiger partial charge in [-0.05, 0) is 41.5 Å². The predicted octanol–water partition coefficient (Wildman–Crippen LogP) is 2.93. The van der Waals surface area contributed by atoms with Crippen molar-refractivity contribution in [2.75, 3.05) is 11.9 Å². The molecule has 9 heteroatoms. The van der Waals surface area contributed by atoms with Crippen LogP contribution in [-0.4, -0.2) is 33.5 Å². The van der Waals surface area contributed by atoms with E-state index in [2.05, 4.69) is 5.32 Å². The number of hydrogen-bond acceptors (Lipinski definition) is 6. The first-order valence-corrected chi connectivity index (χ1v) is 10.1. The Morgan fingerprint density at radius 1 is 1.21 bits per heavy atom. The number of carbonyl (C=O) groups excluding carboxylic acids is 3. The van der Waals surface area contributed by atoms with Crippen molar-refractivity contribution >= 4 is 69.4 Å². The third kappa shape index (κ3) is 5.44. The summed E-state index contributed by atoms with van der Waals surface area (Å²) in [4.78, 5) is 37.5. The molecule has 2 amide bonds. The molecule has 1 saturated heterocycles. The van der Waals surface area contributed by atoms with Crippen LogP contribution in [0.1, 0.15) is 22.3 Å². The first-order valence-electron chi connectivity index (χ1n) is 8.45. The zero-order valence-corrected chi connectivity index (χ0v) is 17.3. The van der Waals surface area contributed by atoms with E-state index in [0.29, 0.717) is 19.9 Å². The third-order valence-corrected chi connectivity index (χ3v) is 5.62. The lowest BCUT2D eigenvalue weighted by Gasteiger charge is -2.14. The van der Waals surface area contributed by atoms with E-state index in [0.717, 1.165) is 5.56 Å². The Hall–Kier alpha value is -2.68. The van der Waals surface area contributed by atoms with Gasteiger partial charge in [-0.2, -0.15) is 0 Å². The highest BCUT2D eigenvalue weighted by Gasteiger charge is 2.32. The Morgan fingerprint density at radius 2 is 1.93 bits per heavy atom. The van der Waals surface area contributed by atoms with Gasteiger partial charge >= 0.3 is 0 Å². The minimum atomic E-state index is -1.33. The van der Waals surface area contributed by atoms with Gasteiger partial charge in [0.1, 0.15) is 4.32 Å². The number of benzene rings is 2. The van der Waals surface area contributed by atoms with Gasteiger partial charge < -0.3 is 15.2 Å². The van der Waals surface area contributed by atoms with Crippen molar-refractivity contribution < 1.29 is 19.5 Å². The summed E-state index contributed by atoms with van der Waals surface area (Å²) >= 11 is 12.3. The molecule has 1 aliphatic heterocycles. The van der Waals surface area contributed by atoms with Crippen molar-refractivity contribution in [2.24, 2.45) is 0 Å². The smallest absolute Gasteiger partial charge is 0.266 e. The molecular formula is C20H14ClN2O4S2-. The number of anilines is 1. The molecule has 0 saturated carbocycles. The van der Waals surface area contributed by atoms with E-state index < -0.39 is 5.97 Å². The Kier molecular flexibility index (Phi) is 6.68. The fourth-order valence-corrected chi connectivity index (χ4v) is 4.00. The normalized spacial score (nSPS) is 15.1. The van der Waals surface area contributed by atoms with Crippen molar-refractivity contribution in [2.45, 2.75) is 6.42 Å². The van der Waals surface area contributed by atoms with Gasteiger partial charge in [0.15, 0.2) is 0 Å². The highest BCUT2D eigenvalue weighted by Crippen LogP contribution is 2.32. The van der Waals surface area contributed by atoms with Crippen LogP contribution in [0.15, 0.2) is 53.4 Å². The molecule has 148 valence electrons. The van der Waals surface area contributed by atoms with Crippen molar-refractivity contribution in [1.29, 1.82) is 0 Å². The molecule has 0 spiro atoms. The van der Waals surface area contributed by atoms with Gasteiger partial charge in [0.25, 0.3) is 5.91 Å². The number of halogens is 1. The lowest BCUT2D eigenvalue weighted by atomic mass is 10.2. The molecule has 0 atom stereocenters. The van der Waals surface area contributed by atoms with Gasteiger partial charge in [-0.3, -0.25) is 14.5 Å². The second kappa shape index (κ2) is 9.21. The van der Waals surface area contributed by atoms with Crippen molar-refractivity contribution in [1.82, 2.24) is 4.90 Å². The lowest BCUT2D eigenvalue weighted by Crippen LogP contribution is -2.31. The van der Waals surface area contributed by atoms with Crippen LogP contribution in [0.4, 0.5) is 5.69 Å². The van der Waals surface area contributed by atoms with Crippen molar-refractivity contribution in [3.8, 4) is 0 Å². The van der Waals surface area contributed by atoms with Crippen LogP contribution in [0.25, 0.3) is 6.08 Å². The monoisotopic (exact) mass is 445 g/mol. The highest BCUT2D eigenvalue weighted by molar-refractivity contribution is 8.26. The minimum Gasteiger partial charge on any atom is -0.545 e. The summed E-state index contributed by atoms with van der Waals surface area (Å²) < 4.78 is 0.377. The number of rotatable bonds is 6. The average molecular weight is 446 g/mol. The molecular weight excluding hydrogens is 432 g/mol. The molecule has 6 nitrogen and oxygen atoms in total. The number of amides is 2. The third-order valence-electron chi connectivity index (χ3n) is 3.99. The topological polar surface area (TPSA) is 89.5 Å². The first-order chi connectivity index (χ1) is 13.8. The molecule has 1 aliphatic rings. The lowest BCUT2D eigenvalue weighted by molar-refractivity contribution is -0.255. The molecule has 0 radical (unpaired) electrons. The summed E-state index contributed by atoms with van der Waals surface area (Å²) in [6.45, 7) is 0.120. The maximum atomic E-state index is 12.6. The summed E-state index contributed by atoms with van der Waals surface area (Å²) in [6.07, 6.45) is 1.73. The molecule has 1 fully saturated rings. The molecule has 29 heavy (non-hydrogen) atoms. The number of nitrogens with zero attached hydrogens (tertiary/aromatic N) is 1. The SMILES string of the molecule is O=C(CCN1C(=O)C(=Cc2ccc(Cl)cc2)SC1=S)Nc1cccc(C(=O)[O-])c1. The number of thiocarbonyl (C=S) groups is 1. The van der Waals surface area contributed by atoms with Gasteiger partial charge in [0.05, 0.1) is 10.9 Å². The van der Waals surface area contributed by atoms with Gasteiger partial charge in [-0.15, -0.1) is 0 Å². The van der Waals surface area contributed by atoms with Crippen LogP contribution in [0.5, 0.6) is 0 Å². The minimum absolute atomic E-state index is 0.0101.